The Hall–Kier alpha value is -3.16. The van der Waals surface area contributed by atoms with E-state index >= 15 is 0 Å². The summed E-state index contributed by atoms with van der Waals surface area (Å²) in [6, 6.07) is 11.3. The van der Waals surface area contributed by atoms with Crippen LogP contribution in [0, 0.1) is 12.8 Å². The second-order valence-electron chi connectivity index (χ2n) is 6.71. The number of amides is 2. The van der Waals surface area contributed by atoms with Gasteiger partial charge in [0.2, 0.25) is 17.8 Å². The molecule has 0 spiro atoms. The smallest absolute Gasteiger partial charge is 0.227 e. The molecule has 1 unspecified atom stereocenters. The van der Waals surface area contributed by atoms with E-state index in [9.17, 15) is 9.59 Å². The number of nitrogens with zero attached hydrogens (tertiary/aromatic N) is 3. The summed E-state index contributed by atoms with van der Waals surface area (Å²) in [5.74, 6) is 0.857. The molecule has 1 aliphatic rings. The first-order valence-electron chi connectivity index (χ1n) is 9.53. The number of aryl methyl sites for hydroxylation is 1. The molecule has 1 aromatic carbocycles. The quantitative estimate of drug-likeness (QED) is 0.602. The Morgan fingerprint density at radius 1 is 1.18 bits per heavy atom. The fourth-order valence-electron chi connectivity index (χ4n) is 3.16. The van der Waals surface area contributed by atoms with Gasteiger partial charge >= 0.3 is 0 Å². The van der Waals surface area contributed by atoms with E-state index in [1.54, 1.807) is 4.90 Å². The molecule has 2 heterocycles. The number of carbonyl (C=O) groups is 2. The molecule has 0 radical (unpaired) electrons. The zero-order valence-electron chi connectivity index (χ0n) is 16.2. The topological polar surface area (TPSA) is 99.2 Å². The van der Waals surface area contributed by atoms with Crippen molar-refractivity contribution in [2.24, 2.45) is 5.92 Å². The summed E-state index contributed by atoms with van der Waals surface area (Å²) in [7, 11) is 0. The van der Waals surface area contributed by atoms with Crippen molar-refractivity contribution in [1.82, 2.24) is 15.3 Å². The van der Waals surface area contributed by atoms with Gasteiger partial charge < -0.3 is 20.9 Å². The lowest BCUT2D eigenvalue weighted by atomic mass is 10.1. The Morgan fingerprint density at radius 3 is 2.71 bits per heavy atom. The molecule has 28 heavy (non-hydrogen) atoms. The zero-order valence-corrected chi connectivity index (χ0v) is 16.2. The van der Waals surface area contributed by atoms with Crippen LogP contribution in [0.5, 0.6) is 0 Å². The molecule has 1 saturated heterocycles. The van der Waals surface area contributed by atoms with Gasteiger partial charge in [-0.3, -0.25) is 9.59 Å². The summed E-state index contributed by atoms with van der Waals surface area (Å²) < 4.78 is 0. The average molecular weight is 382 g/mol. The number of nitrogens with one attached hydrogen (secondary N) is 3. The molecule has 0 saturated carbocycles. The number of aromatic nitrogens is 2. The zero-order chi connectivity index (χ0) is 19.9. The number of hydrogen-bond donors (Lipinski definition) is 3. The number of carbonyl (C=O) groups excluding carboxylic acids is 2. The first-order valence-corrected chi connectivity index (χ1v) is 9.53. The van der Waals surface area contributed by atoms with E-state index in [0.29, 0.717) is 31.4 Å². The van der Waals surface area contributed by atoms with Gasteiger partial charge in [-0.2, -0.15) is 4.98 Å². The van der Waals surface area contributed by atoms with E-state index < -0.39 is 0 Å². The molecular formula is C20H26N6O2. The van der Waals surface area contributed by atoms with E-state index in [0.717, 1.165) is 17.9 Å². The molecule has 8 nitrogen and oxygen atoms in total. The maximum Gasteiger partial charge on any atom is 0.227 e. The van der Waals surface area contributed by atoms with Crippen LogP contribution in [0.15, 0.2) is 36.4 Å². The van der Waals surface area contributed by atoms with Crippen LogP contribution in [0.4, 0.5) is 17.5 Å². The summed E-state index contributed by atoms with van der Waals surface area (Å²) >= 11 is 0. The van der Waals surface area contributed by atoms with Crippen molar-refractivity contribution < 1.29 is 9.59 Å². The molecule has 148 valence electrons. The minimum atomic E-state index is -0.325. The molecule has 0 aliphatic carbocycles. The maximum atomic E-state index is 12.4. The fourth-order valence-corrected chi connectivity index (χ4v) is 3.16. The molecular weight excluding hydrogens is 356 g/mol. The van der Waals surface area contributed by atoms with Gasteiger partial charge in [0.05, 0.1) is 5.92 Å². The predicted molar refractivity (Wildman–Crippen MR) is 109 cm³/mol. The second-order valence-corrected chi connectivity index (χ2v) is 6.71. The lowest BCUT2D eigenvalue weighted by Crippen LogP contribution is -2.35. The third kappa shape index (κ3) is 4.97. The Labute approximate surface area is 164 Å². The Kier molecular flexibility index (Phi) is 6.41. The Balaban J connectivity index is 1.46. The van der Waals surface area contributed by atoms with Gasteiger partial charge in [0.25, 0.3) is 0 Å². The van der Waals surface area contributed by atoms with Crippen LogP contribution in [0.3, 0.4) is 0 Å². The van der Waals surface area contributed by atoms with Crippen LogP contribution in [-0.2, 0) is 9.59 Å². The van der Waals surface area contributed by atoms with E-state index in [1.165, 1.54) is 0 Å². The number of anilines is 3. The van der Waals surface area contributed by atoms with Crippen molar-refractivity contribution in [1.29, 1.82) is 0 Å². The summed E-state index contributed by atoms with van der Waals surface area (Å²) in [6.45, 7) is 6.05. The van der Waals surface area contributed by atoms with E-state index in [2.05, 4.69) is 25.9 Å². The highest BCUT2D eigenvalue weighted by Gasteiger charge is 2.34. The van der Waals surface area contributed by atoms with Crippen molar-refractivity contribution in [3.05, 3.63) is 42.1 Å². The molecule has 2 aromatic rings. The highest BCUT2D eigenvalue weighted by molar-refractivity contribution is 6.00. The van der Waals surface area contributed by atoms with E-state index in [1.807, 2.05) is 50.2 Å². The molecule has 1 fully saturated rings. The van der Waals surface area contributed by atoms with Crippen molar-refractivity contribution in [3.63, 3.8) is 0 Å². The molecule has 8 heteroatoms. The minimum absolute atomic E-state index is 0.0168. The molecule has 1 aliphatic heterocycles. The largest absolute Gasteiger partial charge is 0.368 e. The number of benzene rings is 1. The van der Waals surface area contributed by atoms with Crippen LogP contribution < -0.4 is 20.9 Å². The Morgan fingerprint density at radius 2 is 1.96 bits per heavy atom. The van der Waals surface area contributed by atoms with Gasteiger partial charge in [-0.05, 0) is 26.0 Å². The normalized spacial score (nSPS) is 16.1. The summed E-state index contributed by atoms with van der Waals surface area (Å²) in [6.07, 6.45) is 0.241. The number of rotatable bonds is 8. The fraction of sp³-hybridized carbons (Fsp3) is 0.400. The summed E-state index contributed by atoms with van der Waals surface area (Å²) in [5, 5.41) is 9.18. The lowest BCUT2D eigenvalue weighted by molar-refractivity contribution is -0.126. The maximum absolute atomic E-state index is 12.4. The first kappa shape index (κ1) is 19.6. The van der Waals surface area contributed by atoms with Crippen molar-refractivity contribution >= 4 is 29.3 Å². The van der Waals surface area contributed by atoms with Crippen LogP contribution >= 0.6 is 0 Å². The number of para-hydroxylation sites is 1. The molecule has 1 atom stereocenters. The van der Waals surface area contributed by atoms with Gasteiger partial charge in [-0.15, -0.1) is 0 Å². The summed E-state index contributed by atoms with van der Waals surface area (Å²) in [5.41, 5.74) is 1.70. The molecule has 3 N–H and O–H groups in total. The summed E-state index contributed by atoms with van der Waals surface area (Å²) in [4.78, 5) is 35.0. The van der Waals surface area contributed by atoms with Crippen LogP contribution in [-0.4, -0.2) is 48.0 Å². The van der Waals surface area contributed by atoms with Crippen LogP contribution in [0.1, 0.15) is 19.0 Å². The van der Waals surface area contributed by atoms with Gasteiger partial charge in [-0.1, -0.05) is 18.2 Å². The standard InChI is InChI=1S/C20H26N6O2/c1-3-21-20-24-14(2)11-17(25-20)22-9-10-23-19(28)15-12-18(27)26(13-15)16-7-5-4-6-8-16/h4-8,11,15H,3,9-10,12-13H2,1-2H3,(H,23,28)(H2,21,22,24,25). The van der Waals surface area contributed by atoms with Gasteiger partial charge in [-0.25, -0.2) is 4.98 Å². The van der Waals surface area contributed by atoms with Crippen molar-refractivity contribution in [2.75, 3.05) is 41.7 Å². The molecule has 1 aromatic heterocycles. The minimum Gasteiger partial charge on any atom is -0.368 e. The van der Waals surface area contributed by atoms with Gasteiger partial charge in [0, 0.05) is 50.0 Å². The number of hydrogen-bond acceptors (Lipinski definition) is 6. The monoisotopic (exact) mass is 382 g/mol. The average Bonchev–Trinajstić information content (AvgIpc) is 3.07. The van der Waals surface area contributed by atoms with Gasteiger partial charge in [0.1, 0.15) is 5.82 Å². The van der Waals surface area contributed by atoms with Crippen LogP contribution in [0.25, 0.3) is 0 Å². The van der Waals surface area contributed by atoms with E-state index in [-0.39, 0.29) is 24.2 Å². The molecule has 0 bridgehead atoms. The third-order valence-corrected chi connectivity index (χ3v) is 4.48. The van der Waals surface area contributed by atoms with Gasteiger partial charge in [0.15, 0.2) is 0 Å². The van der Waals surface area contributed by atoms with E-state index in [4.69, 9.17) is 0 Å². The van der Waals surface area contributed by atoms with Crippen molar-refractivity contribution in [3.8, 4) is 0 Å². The highest BCUT2D eigenvalue weighted by atomic mass is 16.2. The van der Waals surface area contributed by atoms with Crippen molar-refractivity contribution in [2.45, 2.75) is 20.3 Å². The second kappa shape index (κ2) is 9.16. The third-order valence-electron chi connectivity index (χ3n) is 4.48. The predicted octanol–water partition coefficient (Wildman–Crippen LogP) is 1.80. The Bertz CT molecular complexity index is 827. The highest BCUT2D eigenvalue weighted by Crippen LogP contribution is 2.24. The lowest BCUT2D eigenvalue weighted by Gasteiger charge is -2.16. The van der Waals surface area contributed by atoms with Crippen LogP contribution in [0.2, 0.25) is 0 Å². The molecule has 3 rings (SSSR count). The SMILES string of the molecule is CCNc1nc(C)cc(NCCNC(=O)C2CC(=O)N(c3ccccc3)C2)n1. The first-order chi connectivity index (χ1) is 13.6. The molecule has 2 amide bonds.